The zero-order valence-electron chi connectivity index (χ0n) is 16.2. The molecule has 148 valence electrons. The zero-order valence-corrected chi connectivity index (χ0v) is 17.8. The average Bonchev–Trinajstić information content (AvgIpc) is 3.22. The first-order valence-corrected chi connectivity index (χ1v) is 10.8. The highest BCUT2D eigenvalue weighted by atomic mass is 79.9. The highest BCUT2D eigenvalue weighted by Crippen LogP contribution is 2.32. The number of carbonyl (C=O) groups excluding carboxylic acids is 1. The fourth-order valence-corrected chi connectivity index (χ4v) is 4.86. The highest BCUT2D eigenvalue weighted by Gasteiger charge is 2.40. The summed E-state index contributed by atoms with van der Waals surface area (Å²) in [6, 6.07) is 18.6. The Morgan fingerprint density at radius 1 is 0.966 bits per heavy atom. The van der Waals surface area contributed by atoms with Crippen molar-refractivity contribution in [3.63, 3.8) is 0 Å². The molecule has 0 atom stereocenters. The normalized spacial score (nSPS) is 19.3. The van der Waals surface area contributed by atoms with E-state index in [2.05, 4.69) is 67.1 Å². The van der Waals surface area contributed by atoms with Crippen molar-refractivity contribution < 1.29 is 4.79 Å². The quantitative estimate of drug-likeness (QED) is 0.713. The first-order chi connectivity index (χ1) is 14.2. The highest BCUT2D eigenvalue weighted by molar-refractivity contribution is 9.10. The summed E-state index contributed by atoms with van der Waals surface area (Å²) in [5, 5.41) is 0. The summed E-state index contributed by atoms with van der Waals surface area (Å²) in [4.78, 5) is 24.7. The van der Waals surface area contributed by atoms with Gasteiger partial charge in [0, 0.05) is 42.8 Å². The van der Waals surface area contributed by atoms with E-state index >= 15 is 0 Å². The van der Waals surface area contributed by atoms with Crippen molar-refractivity contribution in [3.05, 3.63) is 81.5 Å². The number of aliphatic imine (C=N–C) groups is 1. The summed E-state index contributed by atoms with van der Waals surface area (Å²) in [6.45, 7) is 4.70. The molecular weight excluding hydrogens is 428 g/mol. The van der Waals surface area contributed by atoms with Gasteiger partial charge in [0.2, 0.25) is 5.96 Å². The predicted molar refractivity (Wildman–Crippen MR) is 117 cm³/mol. The molecule has 1 amide bonds. The van der Waals surface area contributed by atoms with E-state index in [0.29, 0.717) is 13.1 Å². The van der Waals surface area contributed by atoms with Crippen molar-refractivity contribution in [2.75, 3.05) is 26.2 Å². The summed E-state index contributed by atoms with van der Waals surface area (Å²) in [7, 11) is 0. The Hall–Kier alpha value is -2.44. The van der Waals surface area contributed by atoms with E-state index in [1.54, 1.807) is 0 Å². The van der Waals surface area contributed by atoms with Crippen LogP contribution < -0.4 is 0 Å². The molecule has 6 heteroatoms. The van der Waals surface area contributed by atoms with E-state index in [4.69, 9.17) is 0 Å². The summed E-state index contributed by atoms with van der Waals surface area (Å²) in [5.74, 6) is 0.930. The SMILES string of the molecule is O=C1C2=C(CCN(Cc3ccccc3)C2)N2CCN=C2N1Cc1cccc(Br)c1. The summed E-state index contributed by atoms with van der Waals surface area (Å²) in [5.41, 5.74) is 4.50. The Balaban J connectivity index is 1.41. The van der Waals surface area contributed by atoms with Gasteiger partial charge in [-0.2, -0.15) is 0 Å². The summed E-state index contributed by atoms with van der Waals surface area (Å²) >= 11 is 3.53. The lowest BCUT2D eigenvalue weighted by atomic mass is 10.00. The van der Waals surface area contributed by atoms with Crippen molar-refractivity contribution in [1.82, 2.24) is 14.7 Å². The number of rotatable bonds is 4. The van der Waals surface area contributed by atoms with Crippen LogP contribution in [-0.2, 0) is 17.9 Å². The average molecular weight is 451 g/mol. The van der Waals surface area contributed by atoms with Gasteiger partial charge in [0.1, 0.15) is 0 Å². The maximum atomic E-state index is 13.5. The van der Waals surface area contributed by atoms with Gasteiger partial charge in [0.25, 0.3) is 5.91 Å². The number of hydrogen-bond acceptors (Lipinski definition) is 4. The minimum atomic E-state index is 0.106. The Morgan fingerprint density at radius 2 is 1.79 bits per heavy atom. The van der Waals surface area contributed by atoms with Crippen LogP contribution in [0.15, 0.2) is 75.3 Å². The lowest BCUT2D eigenvalue weighted by Gasteiger charge is -2.42. The van der Waals surface area contributed by atoms with Crippen LogP contribution in [0.3, 0.4) is 0 Å². The molecule has 29 heavy (non-hydrogen) atoms. The molecule has 0 aliphatic carbocycles. The molecule has 3 aliphatic heterocycles. The van der Waals surface area contributed by atoms with Gasteiger partial charge in [0.15, 0.2) is 0 Å². The number of carbonyl (C=O) groups is 1. The first-order valence-electron chi connectivity index (χ1n) is 10.1. The topological polar surface area (TPSA) is 39.2 Å². The first kappa shape index (κ1) is 18.6. The molecule has 0 N–H and O–H groups in total. The molecule has 5 nitrogen and oxygen atoms in total. The predicted octanol–water partition coefficient (Wildman–Crippen LogP) is 3.62. The second-order valence-electron chi connectivity index (χ2n) is 7.73. The van der Waals surface area contributed by atoms with E-state index in [1.165, 1.54) is 11.3 Å². The third-order valence-electron chi connectivity index (χ3n) is 5.76. The molecule has 2 aromatic rings. The van der Waals surface area contributed by atoms with Crippen molar-refractivity contribution in [2.45, 2.75) is 19.5 Å². The standard InChI is InChI=1S/C23H23BrN4O/c24-19-8-4-7-18(13-19)15-28-22(29)20-16-26(14-17-5-2-1-3-6-17)11-9-21(20)27-12-10-25-23(27)28/h1-8,13H,9-12,14-16H2. The molecule has 0 unspecified atom stereocenters. The second kappa shape index (κ2) is 7.76. The van der Waals surface area contributed by atoms with Crippen LogP contribution in [0.25, 0.3) is 0 Å². The Morgan fingerprint density at radius 3 is 2.62 bits per heavy atom. The fourth-order valence-electron chi connectivity index (χ4n) is 4.41. The lowest BCUT2D eigenvalue weighted by Crippen LogP contribution is -2.53. The van der Waals surface area contributed by atoms with Crippen LogP contribution >= 0.6 is 15.9 Å². The molecule has 0 fully saturated rings. The summed E-state index contributed by atoms with van der Waals surface area (Å²) in [6.07, 6.45) is 0.900. The molecule has 3 aliphatic rings. The van der Waals surface area contributed by atoms with Gasteiger partial charge in [0.05, 0.1) is 18.7 Å². The number of nitrogens with zero attached hydrogens (tertiary/aromatic N) is 4. The van der Waals surface area contributed by atoms with Gasteiger partial charge in [-0.25, -0.2) is 0 Å². The Bertz CT molecular complexity index is 1000. The van der Waals surface area contributed by atoms with Crippen LogP contribution in [0.1, 0.15) is 17.5 Å². The molecule has 0 radical (unpaired) electrons. The minimum absolute atomic E-state index is 0.106. The number of benzene rings is 2. The second-order valence-corrected chi connectivity index (χ2v) is 8.64. The van der Waals surface area contributed by atoms with Gasteiger partial charge in [-0.1, -0.05) is 58.4 Å². The molecule has 0 bridgehead atoms. The largest absolute Gasteiger partial charge is 0.314 e. The smallest absolute Gasteiger partial charge is 0.259 e. The molecule has 0 saturated carbocycles. The number of amides is 1. The minimum Gasteiger partial charge on any atom is -0.314 e. The lowest BCUT2D eigenvalue weighted by molar-refractivity contribution is -0.125. The molecule has 0 spiro atoms. The van der Waals surface area contributed by atoms with Crippen molar-refractivity contribution in [3.8, 4) is 0 Å². The van der Waals surface area contributed by atoms with E-state index in [0.717, 1.165) is 54.2 Å². The monoisotopic (exact) mass is 450 g/mol. The van der Waals surface area contributed by atoms with Gasteiger partial charge < -0.3 is 4.90 Å². The van der Waals surface area contributed by atoms with Crippen molar-refractivity contribution in [1.29, 1.82) is 0 Å². The van der Waals surface area contributed by atoms with E-state index < -0.39 is 0 Å². The Kier molecular flexibility index (Phi) is 4.97. The van der Waals surface area contributed by atoms with Crippen molar-refractivity contribution in [2.24, 2.45) is 4.99 Å². The maximum absolute atomic E-state index is 13.5. The zero-order chi connectivity index (χ0) is 19.8. The fraction of sp³-hybridized carbons (Fsp3) is 0.304. The summed E-state index contributed by atoms with van der Waals surface area (Å²) < 4.78 is 1.02. The van der Waals surface area contributed by atoms with Gasteiger partial charge >= 0.3 is 0 Å². The van der Waals surface area contributed by atoms with Crippen LogP contribution in [0.2, 0.25) is 0 Å². The van der Waals surface area contributed by atoms with Gasteiger partial charge in [-0.3, -0.25) is 19.6 Å². The van der Waals surface area contributed by atoms with Crippen LogP contribution in [0, 0.1) is 0 Å². The number of hydrogen-bond donors (Lipinski definition) is 0. The molecule has 0 aromatic heterocycles. The van der Waals surface area contributed by atoms with E-state index in [1.807, 2.05) is 23.1 Å². The van der Waals surface area contributed by atoms with Gasteiger partial charge in [-0.05, 0) is 23.3 Å². The third-order valence-corrected chi connectivity index (χ3v) is 6.26. The Labute approximate surface area is 179 Å². The third kappa shape index (κ3) is 3.63. The van der Waals surface area contributed by atoms with Crippen molar-refractivity contribution >= 4 is 27.8 Å². The van der Waals surface area contributed by atoms with E-state index in [9.17, 15) is 4.79 Å². The van der Waals surface area contributed by atoms with Crippen LogP contribution in [0.4, 0.5) is 0 Å². The molecule has 5 rings (SSSR count). The van der Waals surface area contributed by atoms with Crippen LogP contribution in [-0.4, -0.2) is 52.7 Å². The van der Waals surface area contributed by atoms with Gasteiger partial charge in [-0.15, -0.1) is 0 Å². The number of fused-ring (bicyclic) bond motifs is 2. The van der Waals surface area contributed by atoms with E-state index in [-0.39, 0.29) is 5.91 Å². The maximum Gasteiger partial charge on any atom is 0.259 e. The van der Waals surface area contributed by atoms with Crippen LogP contribution in [0.5, 0.6) is 0 Å². The molecule has 0 saturated heterocycles. The molecular formula is C23H23BrN4O. The number of halogens is 1. The molecule has 2 aromatic carbocycles. The number of guanidine groups is 1. The molecule has 3 heterocycles.